The highest BCUT2D eigenvalue weighted by molar-refractivity contribution is 5.74. The number of halogens is 2. The summed E-state index contributed by atoms with van der Waals surface area (Å²) in [6.45, 7) is 46.5. The van der Waals surface area contributed by atoms with E-state index in [2.05, 4.69) is 147 Å². The molecule has 0 amide bonds. The number of nitrogens with zero attached hydrogens (tertiary/aromatic N) is 4. The van der Waals surface area contributed by atoms with Gasteiger partial charge in [-0.15, -0.1) is 6.42 Å². The Bertz CT molecular complexity index is 3110. The number of ether oxygens (including phenoxy) is 7. The zero-order chi connectivity index (χ0) is 71.3. The molecule has 2 saturated heterocycles. The number of rotatable bonds is 16. The van der Waals surface area contributed by atoms with Gasteiger partial charge in [-0.1, -0.05) is 72.7 Å². The van der Waals surface area contributed by atoms with Gasteiger partial charge in [0.25, 0.3) is 0 Å². The Balaban J connectivity index is 0.000000237. The van der Waals surface area contributed by atoms with Gasteiger partial charge in [-0.05, 0) is 284 Å². The number of hydrogen-bond donors (Lipinski definition) is 2. The van der Waals surface area contributed by atoms with E-state index in [4.69, 9.17) is 39.6 Å². The van der Waals surface area contributed by atoms with Gasteiger partial charge in [-0.25, -0.2) is 13.4 Å². The Morgan fingerprint density at radius 1 is 0.680 bits per heavy atom. The van der Waals surface area contributed by atoms with Gasteiger partial charge in [-0.2, -0.15) is 0 Å². The number of aromatic nitrogens is 2. The maximum absolute atomic E-state index is 12.9. The third kappa shape index (κ3) is 34.8. The fourth-order valence-electron chi connectivity index (χ4n) is 10.7. The molecule has 1 unspecified atom stereocenters. The van der Waals surface area contributed by atoms with E-state index in [9.17, 15) is 8.78 Å². The van der Waals surface area contributed by atoms with Crippen molar-refractivity contribution in [3.8, 4) is 23.8 Å². The molecule has 1 aromatic heterocycles. The second-order valence-electron chi connectivity index (χ2n) is 28.6. The predicted molar refractivity (Wildman–Crippen MR) is 396 cm³/mol. The fourth-order valence-corrected chi connectivity index (χ4v) is 10.7. The van der Waals surface area contributed by atoms with Crippen LogP contribution >= 0.6 is 0 Å². The van der Waals surface area contributed by atoms with Crippen molar-refractivity contribution in [2.24, 2.45) is 5.92 Å². The highest BCUT2D eigenvalue weighted by Gasteiger charge is 2.24. The number of para-hydroxylation sites is 3. The molecular weight excluding hydrogens is 1220 g/mol. The Hall–Kier alpha value is -6.42. The minimum Gasteiger partial charge on any atom is -0.491 e. The molecule has 11 rings (SSSR count). The topological polar surface area (TPSA) is 134 Å². The van der Waals surface area contributed by atoms with Gasteiger partial charge in [0, 0.05) is 53.7 Å². The molecule has 4 aliphatic heterocycles. The number of nitrogens with one attached hydrogen (secondary N) is 2. The first-order valence-electron chi connectivity index (χ1n) is 35.6. The first kappa shape index (κ1) is 83.0. The quantitative estimate of drug-likeness (QED) is 0.0703. The van der Waals surface area contributed by atoms with Crippen molar-refractivity contribution in [2.45, 2.75) is 256 Å². The molecule has 1 atom stereocenters. The second-order valence-corrected chi connectivity index (χ2v) is 28.6. The molecular formula is C81H122F2N6O8. The van der Waals surface area contributed by atoms with Crippen LogP contribution < -0.4 is 25.0 Å². The molecule has 538 valence electrons. The van der Waals surface area contributed by atoms with E-state index < -0.39 is 11.6 Å². The summed E-state index contributed by atoms with van der Waals surface area (Å²) in [5, 5.41) is 13.5. The third-order valence-electron chi connectivity index (χ3n) is 15.7. The number of fused-ring (bicyclic) bond motifs is 3. The molecule has 0 radical (unpaired) electrons. The van der Waals surface area contributed by atoms with E-state index in [0.717, 1.165) is 64.6 Å². The van der Waals surface area contributed by atoms with Gasteiger partial charge in [-0.3, -0.25) is 4.90 Å². The molecule has 5 aromatic carbocycles. The maximum Gasteiger partial charge on any atom is 0.223 e. The van der Waals surface area contributed by atoms with Crippen molar-refractivity contribution in [2.75, 3.05) is 56.2 Å². The molecule has 0 bridgehead atoms. The molecule has 5 heterocycles. The summed E-state index contributed by atoms with van der Waals surface area (Å²) in [5.41, 5.74) is 8.00. The average molecular weight is 1350 g/mol. The lowest BCUT2D eigenvalue weighted by Gasteiger charge is -2.34. The maximum atomic E-state index is 12.9. The van der Waals surface area contributed by atoms with Crippen molar-refractivity contribution >= 4 is 22.4 Å². The van der Waals surface area contributed by atoms with Crippen molar-refractivity contribution < 1.29 is 46.6 Å². The molecule has 0 spiro atoms. The van der Waals surface area contributed by atoms with Gasteiger partial charge in [0.2, 0.25) is 6.29 Å². The van der Waals surface area contributed by atoms with Crippen molar-refractivity contribution in [1.29, 1.82) is 0 Å². The number of benzene rings is 5. The van der Waals surface area contributed by atoms with Crippen LogP contribution in [-0.4, -0.2) is 121 Å². The zero-order valence-electron chi connectivity index (χ0n) is 62.4. The molecule has 6 aromatic rings. The predicted octanol–water partition coefficient (Wildman–Crippen LogP) is 18.8. The fraction of sp³-hybridized carbons (Fsp3) is 0.580. The van der Waals surface area contributed by atoms with Crippen LogP contribution in [0.4, 0.5) is 20.2 Å². The Morgan fingerprint density at radius 2 is 1.30 bits per heavy atom. The monoisotopic (exact) mass is 1340 g/mol. The van der Waals surface area contributed by atoms with E-state index in [1.54, 1.807) is 0 Å². The summed E-state index contributed by atoms with van der Waals surface area (Å²) in [4.78, 5) is 5.05. The summed E-state index contributed by atoms with van der Waals surface area (Å²) in [7, 11) is 0. The molecule has 2 fully saturated rings. The highest BCUT2D eigenvalue weighted by Crippen LogP contribution is 2.29. The van der Waals surface area contributed by atoms with Crippen LogP contribution in [0.1, 0.15) is 198 Å². The summed E-state index contributed by atoms with van der Waals surface area (Å²) >= 11 is 0. The van der Waals surface area contributed by atoms with Crippen LogP contribution in [0.3, 0.4) is 0 Å². The van der Waals surface area contributed by atoms with Crippen molar-refractivity contribution in [3.63, 3.8) is 0 Å². The lowest BCUT2D eigenvalue weighted by atomic mass is 9.95. The summed E-state index contributed by atoms with van der Waals surface area (Å²) in [6, 6.07) is 34.5. The lowest BCUT2D eigenvalue weighted by Crippen LogP contribution is -2.38. The van der Waals surface area contributed by atoms with E-state index in [1.807, 2.05) is 122 Å². The number of anilines is 2. The van der Waals surface area contributed by atoms with Crippen LogP contribution in [0.2, 0.25) is 0 Å². The van der Waals surface area contributed by atoms with Gasteiger partial charge in [0.15, 0.2) is 0 Å². The SMILES string of the molecule is C#Cc1ccc(COC(C)C)cc1.CC(C)(C)N1CCCC1.CC(C)(C)OCCC1CCNCC1.CC(C)N1CCCc2ccccc21.CC(C)Nc1c(F)cccc1F.CC(C)OC1CC=CC1.CC(C)OCC1OCc2ccccc2O1.CC(C)Oc1ccc2nonc2c1. The number of terminal acetylenes is 1. The third-order valence-corrected chi connectivity index (χ3v) is 15.7. The number of piperidine rings is 1. The zero-order valence-corrected chi connectivity index (χ0v) is 62.4. The van der Waals surface area contributed by atoms with Gasteiger partial charge in [0.1, 0.15) is 46.5 Å². The highest BCUT2D eigenvalue weighted by atomic mass is 19.1. The van der Waals surface area contributed by atoms with Crippen LogP contribution in [0, 0.1) is 29.9 Å². The van der Waals surface area contributed by atoms with Gasteiger partial charge in [0.05, 0.1) is 49.3 Å². The van der Waals surface area contributed by atoms with Gasteiger partial charge >= 0.3 is 0 Å². The van der Waals surface area contributed by atoms with Crippen LogP contribution in [0.25, 0.3) is 11.0 Å². The van der Waals surface area contributed by atoms with E-state index in [1.165, 1.54) is 107 Å². The summed E-state index contributed by atoms with van der Waals surface area (Å²) in [6.07, 6.45) is 22.3. The van der Waals surface area contributed by atoms with E-state index >= 15 is 0 Å². The standard InChI is InChI=1S/C12H17N.C12H16O3.C12H14O.C11H23NO.C9H11F2N.C9H10N2O2.C8H17N.C8H14O/c1-10(2)13-9-5-7-11-6-3-4-8-12(11)13;1-9(2)13-8-12-14-7-10-5-3-4-6-11(10)15-12;1-4-11-5-7-12(8-6-11)9-13-10(2)3;1-11(2,3)13-9-6-10-4-7-12-8-5-10;1-6(2)12-9-7(10)4-3-5-8(9)11;1-6(2)12-7-3-4-8-9(5-7)11-13-10-8;1-8(2,3)9-6-4-5-7-9;1-7(2)9-8-5-3-4-6-8/h3-4,6,8,10H,5,7,9H2,1-2H3;3-6,9,12H,7-8H2,1-2H3;1,5-8,10H,9H2,2-3H3;10,12H,4-9H2,1-3H3;3-6,12H,1-2H3;3-6H,1-2H3;4-7H2,1-3H3;3-4,7-8H,5-6H2,1-2H3. The normalized spacial score (nSPS) is 16.1. The minimum atomic E-state index is -0.552. The molecule has 16 heteroatoms. The molecule has 1 aliphatic carbocycles. The van der Waals surface area contributed by atoms with E-state index in [-0.39, 0.29) is 41.9 Å². The van der Waals surface area contributed by atoms with Crippen molar-refractivity contribution in [3.05, 3.63) is 155 Å². The Morgan fingerprint density at radius 3 is 1.87 bits per heavy atom. The van der Waals surface area contributed by atoms with Crippen LogP contribution in [-0.2, 0) is 43.3 Å². The average Bonchev–Trinajstić information content (AvgIpc) is 1.82. The minimum absolute atomic E-state index is 0.0244. The largest absolute Gasteiger partial charge is 0.491 e. The van der Waals surface area contributed by atoms with Crippen LogP contribution in [0.15, 0.2) is 126 Å². The molecule has 2 N–H and O–H groups in total. The van der Waals surface area contributed by atoms with Crippen molar-refractivity contribution in [1.82, 2.24) is 20.5 Å². The lowest BCUT2D eigenvalue weighted by molar-refractivity contribution is -0.150. The first-order valence-corrected chi connectivity index (χ1v) is 35.6. The number of hydrogen-bond acceptors (Lipinski definition) is 14. The molecule has 14 nitrogen and oxygen atoms in total. The Labute approximate surface area is 583 Å². The first-order chi connectivity index (χ1) is 46.1. The van der Waals surface area contributed by atoms with Gasteiger partial charge < -0.3 is 48.7 Å². The second kappa shape index (κ2) is 44.6. The van der Waals surface area contributed by atoms with Crippen LogP contribution in [0.5, 0.6) is 11.5 Å². The smallest absolute Gasteiger partial charge is 0.223 e. The molecule has 0 saturated carbocycles. The summed E-state index contributed by atoms with van der Waals surface area (Å²) in [5.74, 6) is 4.06. The van der Waals surface area contributed by atoms with E-state index in [0.29, 0.717) is 43.6 Å². The Kier molecular flexibility index (Phi) is 38.1. The molecule has 5 aliphatic rings. The summed E-state index contributed by atoms with van der Waals surface area (Å²) < 4.78 is 69.2. The number of likely N-dealkylation sites (tertiary alicyclic amines) is 1. The number of aryl methyl sites for hydroxylation is 1. The molecule has 97 heavy (non-hydrogen) atoms.